The van der Waals surface area contributed by atoms with E-state index in [0.717, 1.165) is 6.42 Å². The van der Waals surface area contributed by atoms with Crippen molar-refractivity contribution >= 4 is 23.2 Å². The van der Waals surface area contributed by atoms with Crippen molar-refractivity contribution in [3.63, 3.8) is 0 Å². The first-order chi connectivity index (χ1) is 7.02. The Hall–Kier alpha value is 0.320. The molecule has 0 amide bonds. The van der Waals surface area contributed by atoms with Crippen LogP contribution in [0.3, 0.4) is 0 Å². The lowest BCUT2D eigenvalue weighted by Gasteiger charge is -2.22. The van der Waals surface area contributed by atoms with E-state index in [0.29, 0.717) is 0 Å². The molecule has 15 heavy (non-hydrogen) atoms. The first-order valence-electron chi connectivity index (χ1n) is 6.02. The summed E-state index contributed by atoms with van der Waals surface area (Å²) in [7, 11) is 0. The molecule has 90 valence electrons. The van der Waals surface area contributed by atoms with Crippen molar-refractivity contribution in [3.05, 3.63) is 12.7 Å². The van der Waals surface area contributed by atoms with Gasteiger partial charge in [0.05, 0.1) is 0 Å². The van der Waals surface area contributed by atoms with Gasteiger partial charge >= 0.3 is 0 Å². The molecule has 1 atom stereocenters. The second-order valence-corrected chi connectivity index (χ2v) is 6.12. The van der Waals surface area contributed by atoms with Gasteiger partial charge in [-0.05, 0) is 13.3 Å². The van der Waals surface area contributed by atoms with Gasteiger partial charge < -0.3 is 0 Å². The molecular weight excluding hydrogens is 227 g/mol. The van der Waals surface area contributed by atoms with Gasteiger partial charge in [0, 0.05) is 5.92 Å². The van der Waals surface area contributed by atoms with E-state index >= 15 is 0 Å². The lowest BCUT2D eigenvalue weighted by Crippen LogP contribution is -2.19. The van der Waals surface area contributed by atoms with Gasteiger partial charge in [0.25, 0.3) is 0 Å². The molecule has 0 saturated heterocycles. The minimum Gasteiger partial charge on any atom is -0.103 e. The smallest absolute Gasteiger partial charge is 0.103 e. The maximum Gasteiger partial charge on any atom is 0.121 e. The molecule has 1 unspecified atom stereocenters. The quantitative estimate of drug-likeness (QED) is 0.279. The van der Waals surface area contributed by atoms with Gasteiger partial charge in [0.1, 0.15) is 4.33 Å². The van der Waals surface area contributed by atoms with Crippen LogP contribution in [-0.4, -0.2) is 4.33 Å². The Balaban J connectivity index is 3.52. The molecule has 0 bridgehead atoms. The first-order valence-corrected chi connectivity index (χ1v) is 6.78. The molecule has 0 saturated carbocycles. The molecule has 0 fully saturated rings. The summed E-state index contributed by atoms with van der Waals surface area (Å²) in [5.41, 5.74) is 0. The summed E-state index contributed by atoms with van der Waals surface area (Å²) >= 11 is 12.1. The maximum atomic E-state index is 6.06. The van der Waals surface area contributed by atoms with Crippen LogP contribution in [0.4, 0.5) is 0 Å². The van der Waals surface area contributed by atoms with Crippen LogP contribution in [0.5, 0.6) is 0 Å². The molecular formula is C13H24Cl2. The Kier molecular flexibility index (Phi) is 8.65. The normalized spacial score (nSPS) is 13.9. The lowest BCUT2D eigenvalue weighted by molar-refractivity contribution is 0.492. The fourth-order valence-corrected chi connectivity index (χ4v) is 2.12. The van der Waals surface area contributed by atoms with E-state index in [2.05, 4.69) is 13.5 Å². The van der Waals surface area contributed by atoms with Crippen LogP contribution < -0.4 is 0 Å². The van der Waals surface area contributed by atoms with E-state index in [-0.39, 0.29) is 5.92 Å². The van der Waals surface area contributed by atoms with Crippen molar-refractivity contribution in [1.82, 2.24) is 0 Å². The zero-order valence-electron chi connectivity index (χ0n) is 10.1. The minimum atomic E-state index is -0.662. The molecule has 0 heterocycles. The van der Waals surface area contributed by atoms with Crippen LogP contribution in [-0.2, 0) is 0 Å². The monoisotopic (exact) mass is 250 g/mol. The third kappa shape index (κ3) is 8.16. The summed E-state index contributed by atoms with van der Waals surface area (Å²) in [5.74, 6) is 0.215. The van der Waals surface area contributed by atoms with Crippen LogP contribution in [0.2, 0.25) is 0 Å². The number of hydrogen-bond donors (Lipinski definition) is 0. The summed E-state index contributed by atoms with van der Waals surface area (Å²) in [6, 6.07) is 0. The fourth-order valence-electron chi connectivity index (χ4n) is 1.72. The van der Waals surface area contributed by atoms with E-state index in [1.54, 1.807) is 0 Å². The number of halogens is 2. The van der Waals surface area contributed by atoms with Crippen molar-refractivity contribution in [2.24, 2.45) is 5.92 Å². The third-order valence-electron chi connectivity index (χ3n) is 2.80. The van der Waals surface area contributed by atoms with Gasteiger partial charge in [-0.15, -0.1) is 29.8 Å². The average Bonchev–Trinajstić information content (AvgIpc) is 2.15. The van der Waals surface area contributed by atoms with Gasteiger partial charge in [0.2, 0.25) is 0 Å². The fraction of sp³-hybridized carbons (Fsp3) is 0.846. The van der Waals surface area contributed by atoms with Crippen molar-refractivity contribution in [2.75, 3.05) is 0 Å². The molecule has 0 nitrogen and oxygen atoms in total. The van der Waals surface area contributed by atoms with Gasteiger partial charge in [-0.25, -0.2) is 0 Å². The van der Waals surface area contributed by atoms with Crippen molar-refractivity contribution in [1.29, 1.82) is 0 Å². The highest BCUT2D eigenvalue weighted by atomic mass is 35.5. The highest BCUT2D eigenvalue weighted by molar-refractivity contribution is 6.48. The van der Waals surface area contributed by atoms with Crippen molar-refractivity contribution in [2.45, 2.75) is 63.1 Å². The van der Waals surface area contributed by atoms with E-state index in [4.69, 9.17) is 23.2 Å². The SMILES string of the molecule is C=CC(CCCCCCCC)C(C)(Cl)Cl. The molecule has 0 aromatic carbocycles. The molecule has 0 aliphatic carbocycles. The van der Waals surface area contributed by atoms with Gasteiger partial charge in [-0.3, -0.25) is 0 Å². The summed E-state index contributed by atoms with van der Waals surface area (Å²) in [4.78, 5) is 0. The van der Waals surface area contributed by atoms with Gasteiger partial charge in [-0.1, -0.05) is 51.5 Å². The first kappa shape index (κ1) is 15.3. The van der Waals surface area contributed by atoms with Crippen LogP contribution in [0.15, 0.2) is 12.7 Å². The molecule has 0 aromatic heterocycles. The zero-order valence-corrected chi connectivity index (χ0v) is 11.6. The summed E-state index contributed by atoms with van der Waals surface area (Å²) in [6.07, 6.45) is 10.8. The molecule has 0 rings (SSSR count). The molecule has 0 aromatic rings. The van der Waals surface area contributed by atoms with Crippen LogP contribution in [0.1, 0.15) is 58.8 Å². The van der Waals surface area contributed by atoms with Crippen LogP contribution >= 0.6 is 23.2 Å². The lowest BCUT2D eigenvalue weighted by atomic mass is 9.97. The molecule has 2 heteroatoms. The number of rotatable bonds is 9. The molecule has 0 N–H and O–H groups in total. The summed E-state index contributed by atoms with van der Waals surface area (Å²) < 4.78 is -0.662. The third-order valence-corrected chi connectivity index (χ3v) is 3.36. The van der Waals surface area contributed by atoms with E-state index in [1.165, 1.54) is 38.5 Å². The maximum absolute atomic E-state index is 6.06. The highest BCUT2D eigenvalue weighted by Gasteiger charge is 2.26. The Labute approximate surface area is 105 Å². The number of allylic oxidation sites excluding steroid dienone is 1. The Bertz CT molecular complexity index is 158. The highest BCUT2D eigenvalue weighted by Crippen LogP contribution is 2.34. The minimum absolute atomic E-state index is 0.215. The van der Waals surface area contributed by atoms with Crippen LogP contribution in [0.25, 0.3) is 0 Å². The number of unbranched alkanes of at least 4 members (excludes halogenated alkanes) is 5. The Morgan fingerprint density at radius 3 is 2.13 bits per heavy atom. The number of hydrogen-bond acceptors (Lipinski definition) is 0. The topological polar surface area (TPSA) is 0 Å². The largest absolute Gasteiger partial charge is 0.121 e. The van der Waals surface area contributed by atoms with Crippen molar-refractivity contribution < 1.29 is 0 Å². The molecule has 0 aliphatic heterocycles. The molecule has 0 radical (unpaired) electrons. The Morgan fingerprint density at radius 1 is 1.13 bits per heavy atom. The second kappa shape index (κ2) is 8.47. The summed E-state index contributed by atoms with van der Waals surface area (Å²) in [6.45, 7) is 7.87. The number of alkyl halides is 2. The zero-order chi connectivity index (χ0) is 11.7. The van der Waals surface area contributed by atoms with Crippen molar-refractivity contribution in [3.8, 4) is 0 Å². The Morgan fingerprint density at radius 2 is 1.67 bits per heavy atom. The predicted octanol–water partition coefficient (Wildman–Crippen LogP) is 5.73. The van der Waals surface area contributed by atoms with Gasteiger partial charge in [-0.2, -0.15) is 0 Å². The molecule has 0 spiro atoms. The standard InChI is InChI=1S/C13H24Cl2/c1-4-6-7-8-9-10-11-12(5-2)13(3,14)15/h5,12H,2,4,6-11H2,1,3H3. The molecule has 0 aliphatic rings. The van der Waals surface area contributed by atoms with Gasteiger partial charge in [0.15, 0.2) is 0 Å². The van der Waals surface area contributed by atoms with E-state index in [9.17, 15) is 0 Å². The van der Waals surface area contributed by atoms with E-state index in [1.807, 2.05) is 13.0 Å². The van der Waals surface area contributed by atoms with E-state index < -0.39 is 4.33 Å². The average molecular weight is 251 g/mol. The summed E-state index contributed by atoms with van der Waals surface area (Å²) in [5, 5.41) is 0. The predicted molar refractivity (Wildman–Crippen MR) is 71.8 cm³/mol. The second-order valence-electron chi connectivity index (χ2n) is 4.35. The van der Waals surface area contributed by atoms with Crippen LogP contribution in [0, 0.1) is 5.92 Å².